The van der Waals surface area contributed by atoms with Gasteiger partial charge in [-0.25, -0.2) is 9.97 Å². The number of thiophene rings is 1. The van der Waals surface area contributed by atoms with Gasteiger partial charge in [0.25, 0.3) is 5.91 Å². The van der Waals surface area contributed by atoms with Crippen LogP contribution in [0.1, 0.15) is 62.4 Å². The van der Waals surface area contributed by atoms with Crippen molar-refractivity contribution >= 4 is 39.8 Å². The first kappa shape index (κ1) is 22.6. The van der Waals surface area contributed by atoms with E-state index in [9.17, 15) is 4.79 Å². The lowest BCUT2D eigenvalue weighted by Gasteiger charge is -2.24. The van der Waals surface area contributed by atoms with Gasteiger partial charge in [0.15, 0.2) is 5.76 Å². The van der Waals surface area contributed by atoms with E-state index in [1.807, 2.05) is 44.2 Å². The number of aromatic nitrogens is 2. The van der Waals surface area contributed by atoms with Gasteiger partial charge in [0.05, 0.1) is 12.3 Å². The van der Waals surface area contributed by atoms with Crippen LogP contribution in [0.4, 0.5) is 10.9 Å². The van der Waals surface area contributed by atoms with Gasteiger partial charge in [0.1, 0.15) is 5.00 Å². The number of hydrogen-bond donors (Lipinski definition) is 2. The van der Waals surface area contributed by atoms with Crippen LogP contribution in [0.3, 0.4) is 0 Å². The number of nitrogens with one attached hydrogen (secondary N) is 2. The molecule has 8 heteroatoms. The summed E-state index contributed by atoms with van der Waals surface area (Å²) in [5.74, 6) is 0.574. The van der Waals surface area contributed by atoms with Crippen molar-refractivity contribution in [2.45, 2.75) is 45.6 Å². The third kappa shape index (κ3) is 4.72. The van der Waals surface area contributed by atoms with Crippen LogP contribution in [0.2, 0.25) is 5.02 Å². The highest BCUT2D eigenvalue weighted by Crippen LogP contribution is 2.44. The molecule has 0 radical (unpaired) electrons. The third-order valence-corrected chi connectivity index (χ3v) is 7.41. The van der Waals surface area contributed by atoms with Gasteiger partial charge >= 0.3 is 0 Å². The summed E-state index contributed by atoms with van der Waals surface area (Å²) < 4.78 is 5.33. The molecule has 0 saturated carbocycles. The predicted octanol–water partition coefficient (Wildman–Crippen LogP) is 6.73. The van der Waals surface area contributed by atoms with Gasteiger partial charge in [-0.2, -0.15) is 0 Å². The molecule has 1 amide bonds. The van der Waals surface area contributed by atoms with Gasteiger partial charge in [-0.05, 0) is 81.0 Å². The first-order valence-electron chi connectivity index (χ1n) is 11.3. The SMILES string of the molecule is Cc1cc(C)nc(N[C@H](c2ccc(Cl)cc2)c2c(NC(=O)c3ccco3)sc3c2CCCC3)n1. The minimum absolute atomic E-state index is 0.261. The van der Waals surface area contributed by atoms with Crippen LogP contribution in [-0.4, -0.2) is 15.9 Å². The zero-order valence-corrected chi connectivity index (χ0v) is 20.6. The first-order valence-corrected chi connectivity index (χ1v) is 12.5. The maximum atomic E-state index is 12.9. The molecule has 1 aromatic carbocycles. The Morgan fingerprint density at radius 1 is 1.09 bits per heavy atom. The number of rotatable bonds is 6. The van der Waals surface area contributed by atoms with Crippen molar-refractivity contribution in [1.29, 1.82) is 0 Å². The molecular weight excluding hydrogens is 468 g/mol. The number of amides is 1. The lowest BCUT2D eigenvalue weighted by Crippen LogP contribution is -2.19. The summed E-state index contributed by atoms with van der Waals surface area (Å²) in [7, 11) is 0. The van der Waals surface area contributed by atoms with E-state index >= 15 is 0 Å². The van der Waals surface area contributed by atoms with E-state index in [0.29, 0.717) is 11.0 Å². The fourth-order valence-electron chi connectivity index (χ4n) is 4.46. The number of aryl methyl sites for hydroxylation is 3. The van der Waals surface area contributed by atoms with Gasteiger partial charge in [-0.3, -0.25) is 4.79 Å². The number of furan rings is 1. The second-order valence-electron chi connectivity index (χ2n) is 8.49. The molecule has 0 aliphatic heterocycles. The Kier molecular flexibility index (Phi) is 6.39. The molecule has 34 heavy (non-hydrogen) atoms. The molecule has 2 N–H and O–H groups in total. The zero-order valence-electron chi connectivity index (χ0n) is 19.0. The minimum atomic E-state index is -0.262. The standard InChI is InChI=1S/C26H25ClN4O2S/c1-15-14-16(2)29-26(28-15)30-23(17-9-11-18(27)12-10-17)22-19-6-3-4-8-21(19)34-25(22)31-24(32)20-7-5-13-33-20/h5,7,9-14,23H,3-4,6,8H2,1-2H3,(H,31,32)(H,28,29,30)/t23-/m1/s1. The summed E-state index contributed by atoms with van der Waals surface area (Å²) in [6.07, 6.45) is 5.76. The predicted molar refractivity (Wildman–Crippen MR) is 136 cm³/mol. The monoisotopic (exact) mass is 492 g/mol. The molecule has 5 rings (SSSR count). The van der Waals surface area contributed by atoms with E-state index < -0.39 is 0 Å². The summed E-state index contributed by atoms with van der Waals surface area (Å²) in [5.41, 5.74) is 5.16. The van der Waals surface area contributed by atoms with Gasteiger partial charge in [0, 0.05) is 26.9 Å². The molecular formula is C26H25ClN4O2S. The normalized spacial score (nSPS) is 13.9. The lowest BCUT2D eigenvalue weighted by molar-refractivity contribution is 0.0997. The molecule has 1 aliphatic carbocycles. The summed E-state index contributed by atoms with van der Waals surface area (Å²) >= 11 is 7.86. The van der Waals surface area contributed by atoms with Crippen molar-refractivity contribution in [3.05, 3.63) is 92.5 Å². The van der Waals surface area contributed by atoms with Crippen molar-refractivity contribution in [2.75, 3.05) is 10.6 Å². The molecule has 0 fully saturated rings. The van der Waals surface area contributed by atoms with Gasteiger partial charge in [-0.15, -0.1) is 11.3 Å². The van der Waals surface area contributed by atoms with Crippen LogP contribution in [0.25, 0.3) is 0 Å². The van der Waals surface area contributed by atoms with Crippen LogP contribution in [-0.2, 0) is 12.8 Å². The van der Waals surface area contributed by atoms with E-state index in [4.69, 9.17) is 16.0 Å². The molecule has 6 nitrogen and oxygen atoms in total. The average Bonchev–Trinajstić information content (AvgIpc) is 3.46. The second-order valence-corrected chi connectivity index (χ2v) is 10.0. The number of benzene rings is 1. The molecule has 0 spiro atoms. The summed E-state index contributed by atoms with van der Waals surface area (Å²) in [4.78, 5) is 23.5. The molecule has 3 heterocycles. The summed E-state index contributed by atoms with van der Waals surface area (Å²) in [5, 5.41) is 8.18. The van der Waals surface area contributed by atoms with Crippen molar-refractivity contribution < 1.29 is 9.21 Å². The van der Waals surface area contributed by atoms with Gasteiger partial charge in [-0.1, -0.05) is 23.7 Å². The summed E-state index contributed by atoms with van der Waals surface area (Å²) in [6.45, 7) is 3.91. The Labute approximate surface area is 207 Å². The maximum absolute atomic E-state index is 12.9. The smallest absolute Gasteiger partial charge is 0.291 e. The fourth-order valence-corrected chi connectivity index (χ4v) is 5.91. The van der Waals surface area contributed by atoms with Crippen LogP contribution in [0, 0.1) is 13.8 Å². The third-order valence-electron chi connectivity index (χ3n) is 5.93. The number of carbonyl (C=O) groups excluding carboxylic acids is 1. The largest absolute Gasteiger partial charge is 0.459 e. The Morgan fingerprint density at radius 2 is 1.82 bits per heavy atom. The molecule has 1 aliphatic rings. The molecule has 0 saturated heterocycles. The average molecular weight is 493 g/mol. The lowest BCUT2D eigenvalue weighted by atomic mass is 9.89. The highest BCUT2D eigenvalue weighted by atomic mass is 35.5. The minimum Gasteiger partial charge on any atom is -0.459 e. The van der Waals surface area contributed by atoms with Crippen molar-refractivity contribution in [2.24, 2.45) is 0 Å². The highest BCUT2D eigenvalue weighted by molar-refractivity contribution is 7.16. The molecule has 0 bridgehead atoms. The van der Waals surface area contributed by atoms with E-state index in [-0.39, 0.29) is 17.7 Å². The second kappa shape index (κ2) is 9.60. The Bertz CT molecular complexity index is 1300. The number of hydrogen-bond acceptors (Lipinski definition) is 6. The number of fused-ring (bicyclic) bond motifs is 1. The highest BCUT2D eigenvalue weighted by Gasteiger charge is 2.29. The van der Waals surface area contributed by atoms with E-state index in [0.717, 1.165) is 53.2 Å². The molecule has 1 atom stereocenters. The van der Waals surface area contributed by atoms with Gasteiger partial charge in [0.2, 0.25) is 5.95 Å². The van der Waals surface area contributed by atoms with E-state index in [1.54, 1.807) is 23.5 Å². The Hall–Kier alpha value is -3.16. The summed E-state index contributed by atoms with van der Waals surface area (Å²) in [6, 6.07) is 12.8. The van der Waals surface area contributed by atoms with E-state index in [2.05, 4.69) is 20.6 Å². The fraction of sp³-hybridized carbons (Fsp3) is 0.269. The Morgan fingerprint density at radius 3 is 2.53 bits per heavy atom. The van der Waals surface area contributed by atoms with Crippen LogP contribution >= 0.6 is 22.9 Å². The van der Waals surface area contributed by atoms with Crippen LogP contribution < -0.4 is 10.6 Å². The van der Waals surface area contributed by atoms with Crippen molar-refractivity contribution in [3.8, 4) is 0 Å². The van der Waals surface area contributed by atoms with Crippen molar-refractivity contribution in [3.63, 3.8) is 0 Å². The molecule has 4 aromatic rings. The number of halogens is 1. The number of nitrogens with zero attached hydrogens (tertiary/aromatic N) is 2. The van der Waals surface area contributed by atoms with Gasteiger partial charge < -0.3 is 15.1 Å². The maximum Gasteiger partial charge on any atom is 0.291 e. The Balaban J connectivity index is 1.62. The molecule has 0 unspecified atom stereocenters. The van der Waals surface area contributed by atoms with Crippen LogP contribution in [0.5, 0.6) is 0 Å². The topological polar surface area (TPSA) is 80.0 Å². The zero-order chi connectivity index (χ0) is 23.7. The molecule has 174 valence electrons. The quantitative estimate of drug-likeness (QED) is 0.312. The van der Waals surface area contributed by atoms with E-state index in [1.165, 1.54) is 16.7 Å². The van der Waals surface area contributed by atoms with Crippen molar-refractivity contribution in [1.82, 2.24) is 9.97 Å². The number of carbonyl (C=O) groups is 1. The molecule has 3 aromatic heterocycles. The first-order chi connectivity index (χ1) is 16.5. The van der Waals surface area contributed by atoms with Crippen LogP contribution in [0.15, 0.2) is 53.1 Å². The number of anilines is 2.